The molecule has 0 atom stereocenters. The maximum absolute atomic E-state index is 14.2. The first-order valence-corrected chi connectivity index (χ1v) is 6.53. The Morgan fingerprint density at radius 3 is 2.62 bits per heavy atom. The topological polar surface area (TPSA) is 44.5 Å². The third-order valence-corrected chi connectivity index (χ3v) is 3.56. The minimum atomic E-state index is -0.562. The van der Waals surface area contributed by atoms with E-state index >= 15 is 0 Å². The summed E-state index contributed by atoms with van der Waals surface area (Å²) in [6.45, 7) is 1.63. The van der Waals surface area contributed by atoms with Gasteiger partial charge in [0.15, 0.2) is 4.77 Å². The van der Waals surface area contributed by atoms with Crippen LogP contribution in [0, 0.1) is 34.7 Å². The Morgan fingerprint density at radius 2 is 1.95 bits per heavy atom. The Balaban J connectivity index is 2.35. The number of aromatic nitrogens is 2. The number of nitriles is 1. The lowest BCUT2D eigenvalue weighted by Gasteiger charge is -2.07. The number of hydrogen-bond acceptors (Lipinski definition) is 2. The first-order valence-electron chi connectivity index (χ1n) is 6.12. The molecule has 0 bridgehead atoms. The summed E-state index contributed by atoms with van der Waals surface area (Å²) < 4.78 is 29.5. The number of halogens is 2. The molecule has 2 aromatic carbocycles. The Morgan fingerprint density at radius 1 is 1.19 bits per heavy atom. The predicted molar refractivity (Wildman–Crippen MR) is 77.8 cm³/mol. The number of fused-ring (bicyclic) bond motifs is 1. The van der Waals surface area contributed by atoms with Crippen molar-refractivity contribution in [1.29, 1.82) is 5.26 Å². The zero-order valence-corrected chi connectivity index (χ0v) is 11.8. The second-order valence-electron chi connectivity index (χ2n) is 4.66. The van der Waals surface area contributed by atoms with Gasteiger partial charge in [-0.3, -0.25) is 4.57 Å². The van der Waals surface area contributed by atoms with Crippen molar-refractivity contribution in [2.75, 3.05) is 0 Å². The SMILES string of the molecule is Cc1cc2c(cc1F)[nH]c(=S)n2-c1ccc(C#N)cc1F. The molecule has 1 heterocycles. The number of aromatic amines is 1. The molecule has 0 aliphatic heterocycles. The van der Waals surface area contributed by atoms with Crippen molar-refractivity contribution >= 4 is 23.3 Å². The Hall–Kier alpha value is -2.52. The van der Waals surface area contributed by atoms with Gasteiger partial charge in [0.2, 0.25) is 0 Å². The number of aryl methyl sites for hydroxylation is 1. The van der Waals surface area contributed by atoms with Crippen molar-refractivity contribution in [3.05, 3.63) is 57.9 Å². The van der Waals surface area contributed by atoms with Gasteiger partial charge in [-0.1, -0.05) is 0 Å². The maximum Gasteiger partial charge on any atom is 0.182 e. The van der Waals surface area contributed by atoms with Gasteiger partial charge in [0.1, 0.15) is 11.6 Å². The lowest BCUT2D eigenvalue weighted by atomic mass is 10.2. The van der Waals surface area contributed by atoms with Crippen LogP contribution in [-0.2, 0) is 0 Å². The maximum atomic E-state index is 14.2. The molecular formula is C15H9F2N3S. The van der Waals surface area contributed by atoms with Crippen molar-refractivity contribution in [2.45, 2.75) is 6.92 Å². The average Bonchev–Trinajstić information content (AvgIpc) is 2.75. The summed E-state index contributed by atoms with van der Waals surface area (Å²) in [5.41, 5.74) is 1.97. The fourth-order valence-corrected chi connectivity index (χ4v) is 2.54. The summed E-state index contributed by atoms with van der Waals surface area (Å²) >= 11 is 5.20. The van der Waals surface area contributed by atoms with E-state index in [1.807, 2.05) is 6.07 Å². The minimum absolute atomic E-state index is 0.219. The molecule has 0 unspecified atom stereocenters. The third kappa shape index (κ3) is 2.12. The number of H-pyrrole nitrogens is 1. The Bertz CT molecular complexity index is 963. The Kier molecular flexibility index (Phi) is 3.07. The molecule has 21 heavy (non-hydrogen) atoms. The molecule has 1 aromatic heterocycles. The molecule has 1 N–H and O–H groups in total. The van der Waals surface area contributed by atoms with Crippen LogP contribution >= 0.6 is 12.2 Å². The Labute approximate surface area is 124 Å². The van der Waals surface area contributed by atoms with Gasteiger partial charge in [-0.25, -0.2) is 8.78 Å². The highest BCUT2D eigenvalue weighted by molar-refractivity contribution is 7.71. The first kappa shape index (κ1) is 13.5. The smallest absolute Gasteiger partial charge is 0.182 e. The number of rotatable bonds is 1. The standard InChI is InChI=1S/C15H9F2N3S/c1-8-4-14-12(6-10(8)16)19-15(21)20(14)13-3-2-9(7-18)5-11(13)17/h2-6H,1H3,(H,19,21). The zero-order chi connectivity index (χ0) is 15.1. The van der Waals surface area contributed by atoms with Crippen molar-refractivity contribution in [1.82, 2.24) is 9.55 Å². The number of nitrogens with zero attached hydrogens (tertiary/aromatic N) is 2. The van der Waals surface area contributed by atoms with Crippen LogP contribution in [0.15, 0.2) is 30.3 Å². The van der Waals surface area contributed by atoms with E-state index in [0.29, 0.717) is 16.6 Å². The van der Waals surface area contributed by atoms with Crippen LogP contribution in [0.2, 0.25) is 0 Å². The summed E-state index contributed by atoms with van der Waals surface area (Å²) in [6, 6.07) is 8.95. The third-order valence-electron chi connectivity index (χ3n) is 3.28. The normalized spacial score (nSPS) is 10.8. The molecule has 3 nitrogen and oxygen atoms in total. The van der Waals surface area contributed by atoms with Crippen LogP contribution in [0.5, 0.6) is 0 Å². The van der Waals surface area contributed by atoms with Crippen LogP contribution < -0.4 is 0 Å². The van der Waals surface area contributed by atoms with Gasteiger partial charge in [-0.15, -0.1) is 0 Å². The van der Waals surface area contributed by atoms with Gasteiger partial charge >= 0.3 is 0 Å². The molecule has 0 amide bonds. The number of benzene rings is 2. The highest BCUT2D eigenvalue weighted by atomic mass is 32.1. The molecular weight excluding hydrogens is 292 g/mol. The first-order chi connectivity index (χ1) is 10.0. The minimum Gasteiger partial charge on any atom is -0.330 e. The molecule has 3 rings (SSSR count). The molecule has 104 valence electrons. The van der Waals surface area contributed by atoms with E-state index in [4.69, 9.17) is 17.5 Å². The second kappa shape index (κ2) is 4.79. The lowest BCUT2D eigenvalue weighted by Crippen LogP contribution is -1.98. The average molecular weight is 301 g/mol. The van der Waals surface area contributed by atoms with Gasteiger partial charge in [0.05, 0.1) is 28.4 Å². The molecule has 0 saturated carbocycles. The fraction of sp³-hybridized carbons (Fsp3) is 0.0667. The number of hydrogen-bond donors (Lipinski definition) is 1. The largest absolute Gasteiger partial charge is 0.330 e. The second-order valence-corrected chi connectivity index (χ2v) is 5.05. The van der Waals surface area contributed by atoms with Crippen molar-refractivity contribution in [3.8, 4) is 11.8 Å². The van der Waals surface area contributed by atoms with E-state index in [9.17, 15) is 8.78 Å². The molecule has 0 fully saturated rings. The van der Waals surface area contributed by atoms with Gasteiger partial charge < -0.3 is 4.98 Å². The van der Waals surface area contributed by atoms with Crippen molar-refractivity contribution < 1.29 is 8.78 Å². The summed E-state index contributed by atoms with van der Waals surface area (Å²) in [5.74, 6) is -0.917. The van der Waals surface area contributed by atoms with E-state index in [2.05, 4.69) is 4.98 Å². The van der Waals surface area contributed by atoms with Gasteiger partial charge in [0.25, 0.3) is 0 Å². The highest BCUT2D eigenvalue weighted by Gasteiger charge is 2.13. The molecule has 6 heteroatoms. The predicted octanol–water partition coefficient (Wildman–Crippen LogP) is 4.15. The summed E-state index contributed by atoms with van der Waals surface area (Å²) in [6.07, 6.45) is 0. The van der Waals surface area contributed by atoms with Gasteiger partial charge in [-0.05, 0) is 55.0 Å². The van der Waals surface area contributed by atoms with Crippen LogP contribution in [0.4, 0.5) is 8.78 Å². The van der Waals surface area contributed by atoms with Gasteiger partial charge in [-0.2, -0.15) is 5.26 Å². The summed E-state index contributed by atoms with van der Waals surface area (Å²) in [4.78, 5) is 2.86. The molecule has 0 aliphatic carbocycles. The monoisotopic (exact) mass is 301 g/mol. The lowest BCUT2D eigenvalue weighted by molar-refractivity contribution is 0.617. The van der Waals surface area contributed by atoms with Crippen LogP contribution in [0.3, 0.4) is 0 Å². The van der Waals surface area contributed by atoms with E-state index in [1.54, 1.807) is 13.0 Å². The number of imidazole rings is 1. The van der Waals surface area contributed by atoms with Crippen LogP contribution in [0.1, 0.15) is 11.1 Å². The van der Waals surface area contributed by atoms with E-state index < -0.39 is 5.82 Å². The van der Waals surface area contributed by atoms with E-state index in [1.165, 1.54) is 22.8 Å². The zero-order valence-electron chi connectivity index (χ0n) is 10.9. The number of nitrogens with one attached hydrogen (secondary N) is 1. The molecule has 0 spiro atoms. The molecule has 0 saturated heterocycles. The molecule has 0 radical (unpaired) electrons. The molecule has 0 aliphatic rings. The van der Waals surface area contributed by atoms with Crippen molar-refractivity contribution in [2.24, 2.45) is 0 Å². The quantitative estimate of drug-likeness (QED) is 0.686. The van der Waals surface area contributed by atoms with Crippen molar-refractivity contribution in [3.63, 3.8) is 0 Å². The van der Waals surface area contributed by atoms with Crippen LogP contribution in [-0.4, -0.2) is 9.55 Å². The van der Waals surface area contributed by atoms with Crippen LogP contribution in [0.25, 0.3) is 16.7 Å². The van der Waals surface area contributed by atoms with E-state index in [0.717, 1.165) is 6.07 Å². The fourth-order valence-electron chi connectivity index (χ4n) is 2.23. The van der Waals surface area contributed by atoms with Gasteiger partial charge in [0, 0.05) is 0 Å². The molecule has 3 aromatic rings. The summed E-state index contributed by atoms with van der Waals surface area (Å²) in [7, 11) is 0. The summed E-state index contributed by atoms with van der Waals surface area (Å²) in [5, 5.41) is 8.78. The highest BCUT2D eigenvalue weighted by Crippen LogP contribution is 2.24. The van der Waals surface area contributed by atoms with E-state index in [-0.39, 0.29) is 21.8 Å².